The number of hydrogen-bond acceptors (Lipinski definition) is 4. The van der Waals surface area contributed by atoms with E-state index in [-0.39, 0.29) is 12.3 Å². The number of benzene rings is 1. The summed E-state index contributed by atoms with van der Waals surface area (Å²) in [6.45, 7) is 2.11. The van der Waals surface area contributed by atoms with Crippen LogP contribution in [0.15, 0.2) is 30.3 Å². The molecule has 0 fully saturated rings. The fourth-order valence-corrected chi connectivity index (χ4v) is 2.22. The molecule has 0 unspecified atom stereocenters. The van der Waals surface area contributed by atoms with Crippen molar-refractivity contribution in [1.82, 2.24) is 10.6 Å². The number of alkyl halides is 3. The number of hydrogen-bond donors (Lipinski definition) is 2. The lowest BCUT2D eigenvalue weighted by Crippen LogP contribution is -2.54. The van der Waals surface area contributed by atoms with Gasteiger partial charge in [-0.2, -0.15) is 13.2 Å². The molecule has 2 N–H and O–H groups in total. The number of ether oxygens (including phenoxy) is 1. The van der Waals surface area contributed by atoms with E-state index < -0.39 is 36.7 Å². The minimum Gasteiger partial charge on any atom is -0.467 e. The first kappa shape index (κ1) is 21.0. The fraction of sp³-hybridized carbons (Fsp3) is 0.529. The second kappa shape index (κ2) is 9.41. The minimum atomic E-state index is -4.45. The molecule has 2 atom stereocenters. The summed E-state index contributed by atoms with van der Waals surface area (Å²) in [5.74, 6) is -1.59. The molecule has 0 aliphatic carbocycles. The Bertz CT molecular complexity index is 562. The summed E-state index contributed by atoms with van der Waals surface area (Å²) in [6.07, 6.45) is -4.39. The first-order valence-electron chi connectivity index (χ1n) is 7.86. The number of nitrogens with one attached hydrogen (secondary N) is 2. The molecule has 0 bridgehead atoms. The molecule has 0 saturated heterocycles. The smallest absolute Gasteiger partial charge is 0.401 e. The number of esters is 1. The molecular weight excluding hydrogens is 337 g/mol. The van der Waals surface area contributed by atoms with Gasteiger partial charge in [-0.1, -0.05) is 44.2 Å². The van der Waals surface area contributed by atoms with E-state index in [4.69, 9.17) is 0 Å². The van der Waals surface area contributed by atoms with Crippen LogP contribution < -0.4 is 10.6 Å². The zero-order chi connectivity index (χ0) is 19.0. The average molecular weight is 360 g/mol. The van der Waals surface area contributed by atoms with Gasteiger partial charge in [-0.05, 0) is 17.9 Å². The van der Waals surface area contributed by atoms with Crippen LogP contribution >= 0.6 is 0 Å². The number of halogens is 3. The van der Waals surface area contributed by atoms with Crippen molar-refractivity contribution < 1.29 is 27.5 Å². The molecule has 8 heteroatoms. The van der Waals surface area contributed by atoms with Crippen LogP contribution in [0.1, 0.15) is 19.4 Å². The van der Waals surface area contributed by atoms with E-state index in [1.807, 2.05) is 0 Å². The van der Waals surface area contributed by atoms with Gasteiger partial charge in [-0.15, -0.1) is 0 Å². The number of carbonyl (C=O) groups excluding carboxylic acids is 2. The van der Waals surface area contributed by atoms with Gasteiger partial charge in [-0.25, -0.2) is 4.79 Å². The van der Waals surface area contributed by atoms with Crippen LogP contribution in [0.2, 0.25) is 0 Å². The van der Waals surface area contributed by atoms with Crippen molar-refractivity contribution in [3.63, 3.8) is 0 Å². The van der Waals surface area contributed by atoms with Crippen molar-refractivity contribution >= 4 is 11.9 Å². The Morgan fingerprint density at radius 1 is 1.16 bits per heavy atom. The third-order valence-electron chi connectivity index (χ3n) is 3.57. The van der Waals surface area contributed by atoms with Gasteiger partial charge in [0.05, 0.1) is 19.7 Å². The highest BCUT2D eigenvalue weighted by Crippen LogP contribution is 2.14. The first-order valence-corrected chi connectivity index (χ1v) is 7.86. The third kappa shape index (κ3) is 7.55. The van der Waals surface area contributed by atoms with Gasteiger partial charge in [-0.3, -0.25) is 10.1 Å². The van der Waals surface area contributed by atoms with E-state index >= 15 is 0 Å². The Kier molecular flexibility index (Phi) is 7.89. The number of carbonyl (C=O) groups is 2. The molecule has 25 heavy (non-hydrogen) atoms. The molecule has 0 aromatic heterocycles. The van der Waals surface area contributed by atoms with Crippen LogP contribution in [0.3, 0.4) is 0 Å². The molecule has 1 aromatic rings. The molecule has 0 heterocycles. The Morgan fingerprint density at radius 2 is 1.76 bits per heavy atom. The maximum atomic E-state index is 12.5. The second-order valence-electron chi connectivity index (χ2n) is 5.99. The lowest BCUT2D eigenvalue weighted by Gasteiger charge is -2.24. The van der Waals surface area contributed by atoms with Gasteiger partial charge >= 0.3 is 12.1 Å². The van der Waals surface area contributed by atoms with Gasteiger partial charge in [0, 0.05) is 0 Å². The maximum Gasteiger partial charge on any atom is 0.401 e. The predicted molar refractivity (Wildman–Crippen MR) is 86.8 cm³/mol. The Hall–Kier alpha value is -2.09. The molecule has 1 amide bonds. The molecule has 1 rings (SSSR count). The third-order valence-corrected chi connectivity index (χ3v) is 3.57. The highest BCUT2D eigenvalue weighted by atomic mass is 19.4. The molecule has 0 saturated carbocycles. The van der Waals surface area contributed by atoms with Gasteiger partial charge in [0.25, 0.3) is 0 Å². The average Bonchev–Trinajstić information content (AvgIpc) is 2.55. The second-order valence-corrected chi connectivity index (χ2v) is 5.99. The van der Waals surface area contributed by atoms with Crippen molar-refractivity contribution in [2.45, 2.75) is 38.5 Å². The number of rotatable bonds is 8. The topological polar surface area (TPSA) is 67.4 Å². The summed E-state index contributed by atoms with van der Waals surface area (Å²) in [5, 5.41) is 4.70. The molecular formula is C17H23F3N2O3. The molecule has 0 spiro atoms. The van der Waals surface area contributed by atoms with Crippen molar-refractivity contribution in [2.24, 2.45) is 5.92 Å². The van der Waals surface area contributed by atoms with Crippen molar-refractivity contribution in [3.8, 4) is 0 Å². The lowest BCUT2D eigenvalue weighted by atomic mass is 10.0. The zero-order valence-corrected chi connectivity index (χ0v) is 14.4. The van der Waals surface area contributed by atoms with Crippen molar-refractivity contribution in [1.29, 1.82) is 0 Å². The predicted octanol–water partition coefficient (Wildman–Crippen LogP) is 2.06. The van der Waals surface area contributed by atoms with Crippen molar-refractivity contribution in [3.05, 3.63) is 35.9 Å². The number of methoxy groups -OCH3 is 1. The van der Waals surface area contributed by atoms with E-state index in [2.05, 4.69) is 15.4 Å². The maximum absolute atomic E-state index is 12.5. The fourth-order valence-electron chi connectivity index (χ4n) is 2.22. The van der Waals surface area contributed by atoms with Crippen LogP contribution in [0.4, 0.5) is 13.2 Å². The van der Waals surface area contributed by atoms with Crippen LogP contribution in [0.25, 0.3) is 0 Å². The Labute approximate surface area is 144 Å². The van der Waals surface area contributed by atoms with E-state index in [0.717, 1.165) is 0 Å². The Morgan fingerprint density at radius 3 is 2.24 bits per heavy atom. The van der Waals surface area contributed by atoms with E-state index in [0.29, 0.717) is 5.56 Å². The standard InChI is InChI=1S/C17H23F3N2O3/c1-11(2)14(16(24)25-3)22-15(23)13(21-10-17(18,19)20)9-12-7-5-4-6-8-12/h4-8,11,13-14,21H,9-10H2,1-3H3,(H,22,23)/t13-,14+/m0/s1. The van der Waals surface area contributed by atoms with Gasteiger partial charge < -0.3 is 10.1 Å². The first-order chi connectivity index (χ1) is 11.6. The van der Waals surface area contributed by atoms with E-state index in [1.54, 1.807) is 44.2 Å². The highest BCUT2D eigenvalue weighted by Gasteiger charge is 2.32. The zero-order valence-electron chi connectivity index (χ0n) is 14.4. The van der Waals surface area contributed by atoms with Crippen molar-refractivity contribution in [2.75, 3.05) is 13.7 Å². The quantitative estimate of drug-likeness (QED) is 0.697. The molecule has 5 nitrogen and oxygen atoms in total. The summed E-state index contributed by atoms with van der Waals surface area (Å²) >= 11 is 0. The monoisotopic (exact) mass is 360 g/mol. The van der Waals surface area contributed by atoms with Crippen LogP contribution in [0.5, 0.6) is 0 Å². The summed E-state index contributed by atoms with van der Waals surface area (Å²) < 4.78 is 42.2. The summed E-state index contributed by atoms with van der Waals surface area (Å²) in [4.78, 5) is 24.2. The normalized spacial score (nSPS) is 14.0. The van der Waals surface area contributed by atoms with Gasteiger partial charge in [0.2, 0.25) is 5.91 Å². The minimum absolute atomic E-state index is 0.0642. The van der Waals surface area contributed by atoms with Gasteiger partial charge in [0.15, 0.2) is 0 Å². The van der Waals surface area contributed by atoms with Crippen LogP contribution in [-0.2, 0) is 20.7 Å². The summed E-state index contributed by atoms with van der Waals surface area (Å²) in [5.41, 5.74) is 0.705. The molecule has 0 radical (unpaired) electrons. The highest BCUT2D eigenvalue weighted by molar-refractivity contribution is 5.87. The van der Waals surface area contributed by atoms with Crippen LogP contribution in [0, 0.1) is 5.92 Å². The van der Waals surface area contributed by atoms with Crippen LogP contribution in [-0.4, -0.2) is 43.8 Å². The molecule has 140 valence electrons. The Balaban J connectivity index is 2.88. The van der Waals surface area contributed by atoms with E-state index in [1.165, 1.54) is 7.11 Å². The largest absolute Gasteiger partial charge is 0.467 e. The van der Waals surface area contributed by atoms with E-state index in [9.17, 15) is 22.8 Å². The van der Waals surface area contributed by atoms with Gasteiger partial charge in [0.1, 0.15) is 6.04 Å². The summed E-state index contributed by atoms with van der Waals surface area (Å²) in [6, 6.07) is 6.62. The SMILES string of the molecule is COC(=O)[C@H](NC(=O)[C@H](Cc1ccccc1)NCC(F)(F)F)C(C)C. The lowest BCUT2D eigenvalue weighted by molar-refractivity contribution is -0.147. The molecule has 1 aromatic carbocycles. The summed E-state index contributed by atoms with van der Waals surface area (Å²) in [7, 11) is 1.19. The molecule has 0 aliphatic rings. The molecule has 0 aliphatic heterocycles. The number of amides is 1.